The van der Waals surface area contributed by atoms with Crippen molar-refractivity contribution in [3.05, 3.63) is 59.7 Å². The molecule has 2 rings (SSSR count). The van der Waals surface area contributed by atoms with Gasteiger partial charge in [0.25, 0.3) is 10.0 Å². The van der Waals surface area contributed by atoms with Crippen LogP contribution < -0.4 is 4.72 Å². The van der Waals surface area contributed by atoms with Gasteiger partial charge in [0.1, 0.15) is 0 Å². The first-order chi connectivity index (χ1) is 13.0. The van der Waals surface area contributed by atoms with Crippen molar-refractivity contribution in [2.24, 2.45) is 0 Å². The van der Waals surface area contributed by atoms with E-state index >= 15 is 0 Å². The zero-order valence-corrected chi connectivity index (χ0v) is 17.7. The van der Waals surface area contributed by atoms with Gasteiger partial charge < -0.3 is 9.84 Å². The Labute approximate surface area is 165 Å². The van der Waals surface area contributed by atoms with E-state index in [9.17, 15) is 18.0 Å². The van der Waals surface area contributed by atoms with Crippen molar-refractivity contribution in [2.45, 2.75) is 30.6 Å². The number of aromatic carboxylic acids is 1. The Balaban J connectivity index is 2.23. The van der Waals surface area contributed by atoms with Crippen LogP contribution in [0, 0.1) is 0 Å². The number of carbonyl (C=O) groups excluding carboxylic acids is 1. The molecule has 2 aromatic carbocycles. The van der Waals surface area contributed by atoms with Crippen LogP contribution in [0.4, 0.5) is 5.69 Å². The van der Waals surface area contributed by atoms with Crippen molar-refractivity contribution in [2.75, 3.05) is 11.3 Å². The highest BCUT2D eigenvalue weighted by Crippen LogP contribution is 2.22. The van der Waals surface area contributed by atoms with Gasteiger partial charge in [0.05, 0.1) is 28.3 Å². The van der Waals surface area contributed by atoms with Gasteiger partial charge in [-0.15, -0.1) is 0 Å². The number of anilines is 1. The second-order valence-electron chi connectivity index (χ2n) is 7.43. The van der Waals surface area contributed by atoms with E-state index in [4.69, 9.17) is 9.84 Å². The Bertz CT molecular complexity index is 982. The third-order valence-corrected chi connectivity index (χ3v) is 6.94. The summed E-state index contributed by atoms with van der Waals surface area (Å²) in [5, 5.41) is 9.05. The van der Waals surface area contributed by atoms with E-state index in [1.54, 1.807) is 12.1 Å². The number of hydrogen-bond acceptors (Lipinski definition) is 5. The van der Waals surface area contributed by atoms with Crippen LogP contribution in [0.1, 0.15) is 20.7 Å². The Morgan fingerprint density at radius 1 is 1.07 bits per heavy atom. The van der Waals surface area contributed by atoms with Crippen molar-refractivity contribution in [1.29, 1.82) is 0 Å². The van der Waals surface area contributed by atoms with Crippen LogP contribution in [-0.4, -0.2) is 40.1 Å². The molecule has 7 nitrogen and oxygen atoms in total. The van der Waals surface area contributed by atoms with E-state index in [0.717, 1.165) is 12.1 Å². The average molecular weight is 422 g/mol. The highest BCUT2D eigenvalue weighted by Gasteiger charge is 2.21. The maximum Gasteiger partial charge on any atom is 0.340 e. The maximum absolute atomic E-state index is 12.6. The predicted octanol–water partition coefficient (Wildman–Crippen LogP) is 3.68. The average Bonchev–Trinajstić information content (AvgIpc) is 2.60. The number of hydrogen-bond donors (Lipinski definition) is 2. The molecule has 2 aromatic rings. The molecule has 0 aliphatic rings. The third-order valence-electron chi connectivity index (χ3n) is 3.87. The second-order valence-corrected chi connectivity index (χ2v) is 14.7. The molecule has 2 N–H and O–H groups in total. The fraction of sp³-hybridized carbons (Fsp3) is 0.263. The summed E-state index contributed by atoms with van der Waals surface area (Å²) in [7, 11) is -5.46. The molecule has 0 heterocycles. The van der Waals surface area contributed by atoms with Gasteiger partial charge >= 0.3 is 11.9 Å². The minimum absolute atomic E-state index is 0.0706. The van der Waals surface area contributed by atoms with Gasteiger partial charge in [0, 0.05) is 8.07 Å². The number of para-hydroxylation sites is 1. The second kappa shape index (κ2) is 8.57. The minimum Gasteiger partial charge on any atom is -0.478 e. The molecular formula is C19H23NO6SSi. The molecule has 0 atom stereocenters. The molecule has 150 valence electrons. The third kappa shape index (κ3) is 5.93. The molecule has 0 aliphatic heterocycles. The molecule has 0 spiro atoms. The van der Waals surface area contributed by atoms with E-state index < -0.39 is 30.0 Å². The molecule has 0 amide bonds. The van der Waals surface area contributed by atoms with E-state index in [1.807, 2.05) is 0 Å². The number of esters is 1. The SMILES string of the molecule is C[Si](C)(C)CCOC(=O)c1ccccc1NS(=O)(=O)c1cccc(C(=O)O)c1. The Morgan fingerprint density at radius 2 is 1.75 bits per heavy atom. The Hall–Kier alpha value is -2.65. The van der Waals surface area contributed by atoms with Gasteiger partial charge in [0.15, 0.2) is 0 Å². The summed E-state index contributed by atoms with van der Waals surface area (Å²) in [5.41, 5.74) is 0.0131. The summed E-state index contributed by atoms with van der Waals surface area (Å²) in [6.45, 7) is 6.76. The molecule has 0 saturated carbocycles. The summed E-state index contributed by atoms with van der Waals surface area (Å²) >= 11 is 0. The summed E-state index contributed by atoms with van der Waals surface area (Å²) in [5.74, 6) is -1.85. The van der Waals surface area contributed by atoms with Crippen LogP contribution >= 0.6 is 0 Å². The Kier molecular flexibility index (Phi) is 6.63. The molecular weight excluding hydrogens is 398 g/mol. The van der Waals surface area contributed by atoms with Gasteiger partial charge in [-0.1, -0.05) is 37.8 Å². The largest absolute Gasteiger partial charge is 0.478 e. The summed E-state index contributed by atoms with van der Waals surface area (Å²) in [6, 6.07) is 11.9. The highest BCUT2D eigenvalue weighted by molar-refractivity contribution is 7.92. The number of carbonyl (C=O) groups is 2. The van der Waals surface area contributed by atoms with E-state index in [0.29, 0.717) is 0 Å². The van der Waals surface area contributed by atoms with Crippen molar-refractivity contribution >= 4 is 35.7 Å². The van der Waals surface area contributed by atoms with Gasteiger partial charge in [-0.25, -0.2) is 18.0 Å². The Morgan fingerprint density at radius 3 is 2.39 bits per heavy atom. The lowest BCUT2D eigenvalue weighted by Crippen LogP contribution is -2.23. The number of carboxylic acid groups (broad SMARTS) is 1. The summed E-state index contributed by atoms with van der Waals surface area (Å²) in [4.78, 5) is 23.3. The topological polar surface area (TPSA) is 110 Å². The molecule has 0 aliphatic carbocycles. The normalized spacial score (nSPS) is 11.7. The van der Waals surface area contributed by atoms with Crippen LogP contribution in [0.5, 0.6) is 0 Å². The van der Waals surface area contributed by atoms with Crippen molar-refractivity contribution in [3.8, 4) is 0 Å². The molecule has 0 unspecified atom stereocenters. The van der Waals surface area contributed by atoms with E-state index in [1.165, 1.54) is 30.3 Å². The monoisotopic (exact) mass is 421 g/mol. The molecule has 0 aromatic heterocycles. The van der Waals surface area contributed by atoms with Crippen LogP contribution in [0.2, 0.25) is 25.7 Å². The van der Waals surface area contributed by atoms with Gasteiger partial charge in [0.2, 0.25) is 0 Å². The fourth-order valence-corrected chi connectivity index (χ4v) is 4.12. The van der Waals surface area contributed by atoms with E-state index in [-0.39, 0.29) is 28.3 Å². The summed E-state index contributed by atoms with van der Waals surface area (Å²) in [6.07, 6.45) is 0. The molecule has 0 bridgehead atoms. The predicted molar refractivity (Wildman–Crippen MR) is 109 cm³/mol. The first-order valence-electron chi connectivity index (χ1n) is 8.62. The fourth-order valence-electron chi connectivity index (χ4n) is 2.28. The van der Waals surface area contributed by atoms with E-state index in [2.05, 4.69) is 24.4 Å². The zero-order valence-electron chi connectivity index (χ0n) is 15.9. The van der Waals surface area contributed by atoms with Crippen LogP contribution in [0.15, 0.2) is 53.4 Å². The summed E-state index contributed by atoms with van der Waals surface area (Å²) < 4.78 is 32.9. The number of ether oxygens (including phenoxy) is 1. The molecule has 28 heavy (non-hydrogen) atoms. The molecule has 0 fully saturated rings. The van der Waals surface area contributed by atoms with Gasteiger partial charge in [-0.05, 0) is 36.4 Å². The number of nitrogens with one attached hydrogen (secondary N) is 1. The molecule has 9 heteroatoms. The van der Waals surface area contributed by atoms with Gasteiger partial charge in [-0.2, -0.15) is 0 Å². The quantitative estimate of drug-likeness (QED) is 0.497. The number of sulfonamides is 1. The van der Waals surface area contributed by atoms with Crippen molar-refractivity contribution in [1.82, 2.24) is 0 Å². The van der Waals surface area contributed by atoms with Crippen molar-refractivity contribution in [3.63, 3.8) is 0 Å². The first-order valence-corrected chi connectivity index (χ1v) is 13.8. The maximum atomic E-state index is 12.6. The van der Waals surface area contributed by atoms with Crippen molar-refractivity contribution < 1.29 is 27.9 Å². The van der Waals surface area contributed by atoms with Gasteiger partial charge in [-0.3, -0.25) is 4.72 Å². The standard InChI is InChI=1S/C19H23NO6SSi/c1-28(2,3)12-11-26-19(23)16-9-4-5-10-17(16)20-27(24,25)15-8-6-7-14(13-15)18(21)22/h4-10,13,20H,11-12H2,1-3H3,(H,21,22). The first kappa shape index (κ1) is 21.6. The highest BCUT2D eigenvalue weighted by atomic mass is 32.2. The molecule has 0 saturated heterocycles. The smallest absolute Gasteiger partial charge is 0.340 e. The minimum atomic E-state index is -4.08. The molecule has 0 radical (unpaired) electrons. The number of rotatable bonds is 8. The lowest BCUT2D eigenvalue weighted by Gasteiger charge is -2.16. The lowest BCUT2D eigenvalue weighted by molar-refractivity contribution is 0.0526. The number of benzene rings is 2. The van der Waals surface area contributed by atoms with Crippen LogP contribution in [0.3, 0.4) is 0 Å². The van der Waals surface area contributed by atoms with Crippen LogP contribution in [0.25, 0.3) is 0 Å². The number of carboxylic acids is 1. The zero-order chi connectivity index (χ0) is 20.9. The lowest BCUT2D eigenvalue weighted by atomic mass is 10.2. The van der Waals surface area contributed by atoms with Crippen LogP contribution in [-0.2, 0) is 14.8 Å².